The van der Waals surface area contributed by atoms with Crippen LogP contribution in [-0.2, 0) is 5.60 Å². The number of alkyl halides is 3. The summed E-state index contributed by atoms with van der Waals surface area (Å²) in [6, 6.07) is 5.26. The molecule has 2 saturated carbocycles. The molecule has 2 fully saturated rings. The lowest BCUT2D eigenvalue weighted by Crippen LogP contribution is -2.44. The Bertz CT molecular complexity index is 896. The van der Waals surface area contributed by atoms with Crippen LogP contribution < -0.4 is 0 Å². The Hall–Kier alpha value is -2.22. The smallest absolute Gasteiger partial charge is 0.376 e. The van der Waals surface area contributed by atoms with Gasteiger partial charge >= 0.3 is 6.18 Å². The van der Waals surface area contributed by atoms with E-state index in [4.69, 9.17) is 0 Å². The van der Waals surface area contributed by atoms with Gasteiger partial charge in [-0.1, -0.05) is 12.1 Å². The molecule has 8 heteroatoms. The highest BCUT2D eigenvalue weighted by Crippen LogP contribution is 2.42. The highest BCUT2D eigenvalue weighted by molar-refractivity contribution is 5.95. The molecular weight excluding hydrogens is 424 g/mol. The molecule has 1 aromatic carbocycles. The number of aliphatic hydroxyl groups is 1. The van der Waals surface area contributed by atoms with Crippen molar-refractivity contribution in [3.63, 3.8) is 0 Å². The quantitative estimate of drug-likeness (QED) is 0.598. The van der Waals surface area contributed by atoms with Crippen LogP contribution in [-0.4, -0.2) is 40.4 Å². The summed E-state index contributed by atoms with van der Waals surface area (Å²) in [5.74, 6) is -0.257. The number of amides is 1. The fourth-order valence-electron chi connectivity index (χ4n) is 4.94. The normalized spacial score (nSPS) is 28.1. The van der Waals surface area contributed by atoms with Gasteiger partial charge in [0.1, 0.15) is 5.83 Å². The predicted octanol–water partition coefficient (Wildman–Crippen LogP) is 5.52. The Morgan fingerprint density at radius 1 is 1.03 bits per heavy atom. The minimum atomic E-state index is -4.81. The molecule has 3 aliphatic rings. The molecule has 0 radical (unpaired) electrons. The standard InChI is InChI=1S/C24H28F4N2O2/c1-23(32,24(26,27)28)17-6-2-16(3-7-17)22(31)30(19-10-11-19)18-8-4-15(5-9-18)20-12-13-29-14-21(20)25/h2-3,6-7,13-15,18-20,32H,4-5,8-12H2,1H3/t15?,18?,20-,23+/m1/s1. The zero-order valence-corrected chi connectivity index (χ0v) is 18.0. The summed E-state index contributed by atoms with van der Waals surface area (Å²) >= 11 is 0. The van der Waals surface area contributed by atoms with E-state index in [-0.39, 0.29) is 41.2 Å². The third-order valence-corrected chi connectivity index (χ3v) is 7.14. The summed E-state index contributed by atoms with van der Waals surface area (Å²) in [6.45, 7) is 0.703. The summed E-state index contributed by atoms with van der Waals surface area (Å²) in [5.41, 5.74) is -2.96. The maximum atomic E-state index is 14.2. The summed E-state index contributed by atoms with van der Waals surface area (Å²) in [6.07, 6.45) is 3.91. The zero-order valence-electron chi connectivity index (χ0n) is 18.0. The monoisotopic (exact) mass is 452 g/mol. The Kier molecular flexibility index (Phi) is 6.18. The van der Waals surface area contributed by atoms with Crippen LogP contribution >= 0.6 is 0 Å². The Labute approximate surface area is 185 Å². The average molecular weight is 452 g/mol. The van der Waals surface area contributed by atoms with Gasteiger partial charge in [-0.25, -0.2) is 4.39 Å². The lowest BCUT2D eigenvalue weighted by Gasteiger charge is -2.39. The highest BCUT2D eigenvalue weighted by atomic mass is 19.4. The van der Waals surface area contributed by atoms with Crippen molar-refractivity contribution in [3.05, 3.63) is 47.4 Å². The van der Waals surface area contributed by atoms with E-state index >= 15 is 0 Å². The van der Waals surface area contributed by atoms with E-state index in [9.17, 15) is 27.5 Å². The molecule has 4 rings (SSSR count). The van der Waals surface area contributed by atoms with Crippen molar-refractivity contribution in [3.8, 4) is 0 Å². The number of allylic oxidation sites excluding steroid dienone is 1. The Morgan fingerprint density at radius 3 is 2.09 bits per heavy atom. The molecule has 0 saturated heterocycles. The van der Waals surface area contributed by atoms with Crippen molar-refractivity contribution >= 4 is 12.1 Å². The van der Waals surface area contributed by atoms with Gasteiger partial charge in [-0.3, -0.25) is 9.79 Å². The molecule has 0 bridgehead atoms. The Balaban J connectivity index is 1.44. The van der Waals surface area contributed by atoms with Crippen LogP contribution in [0.5, 0.6) is 0 Å². The van der Waals surface area contributed by atoms with E-state index in [0.29, 0.717) is 18.9 Å². The van der Waals surface area contributed by atoms with E-state index in [1.807, 2.05) is 4.90 Å². The number of carbonyl (C=O) groups excluding carboxylic acids is 1. The highest BCUT2D eigenvalue weighted by Gasteiger charge is 2.51. The van der Waals surface area contributed by atoms with Gasteiger partial charge < -0.3 is 10.0 Å². The first-order chi connectivity index (χ1) is 15.1. The minimum Gasteiger partial charge on any atom is -0.376 e. The number of halogens is 4. The topological polar surface area (TPSA) is 52.9 Å². The molecule has 1 N–H and O–H groups in total. The number of rotatable bonds is 5. The molecule has 32 heavy (non-hydrogen) atoms. The maximum Gasteiger partial charge on any atom is 0.421 e. The van der Waals surface area contributed by atoms with Gasteiger partial charge in [0.2, 0.25) is 0 Å². The van der Waals surface area contributed by atoms with Crippen molar-refractivity contribution in [2.24, 2.45) is 16.8 Å². The number of benzene rings is 1. The van der Waals surface area contributed by atoms with Gasteiger partial charge in [0.05, 0.1) is 6.20 Å². The third kappa shape index (κ3) is 4.47. The van der Waals surface area contributed by atoms with Crippen LogP contribution in [0.1, 0.15) is 67.8 Å². The minimum absolute atomic E-state index is 0.0495. The lowest BCUT2D eigenvalue weighted by molar-refractivity contribution is -0.258. The molecule has 0 aromatic heterocycles. The van der Waals surface area contributed by atoms with E-state index < -0.39 is 11.8 Å². The van der Waals surface area contributed by atoms with Crippen molar-refractivity contribution in [2.75, 3.05) is 0 Å². The zero-order chi connectivity index (χ0) is 23.1. The second-order valence-electron chi connectivity index (χ2n) is 9.35. The average Bonchev–Trinajstić information content (AvgIpc) is 3.59. The summed E-state index contributed by atoms with van der Waals surface area (Å²) in [7, 11) is 0. The molecule has 2 atom stereocenters. The molecule has 4 nitrogen and oxygen atoms in total. The fraction of sp³-hybridized carbons (Fsp3) is 0.583. The first kappa shape index (κ1) is 23.0. The number of hydrogen-bond acceptors (Lipinski definition) is 3. The van der Waals surface area contributed by atoms with E-state index in [2.05, 4.69) is 4.99 Å². The van der Waals surface area contributed by atoms with Gasteiger partial charge in [0, 0.05) is 29.8 Å². The van der Waals surface area contributed by atoms with Crippen molar-refractivity contribution in [1.82, 2.24) is 4.90 Å². The van der Waals surface area contributed by atoms with Crippen LogP contribution in [0.2, 0.25) is 0 Å². The number of hydrogen-bond donors (Lipinski definition) is 1. The van der Waals surface area contributed by atoms with Crippen LogP contribution in [0.15, 0.2) is 41.3 Å². The SMILES string of the molecule is C[C@](O)(c1ccc(C(=O)N(C2CCC([C@H]3CC=NC=C3F)CC2)C2CC2)cc1)C(F)(F)F. The molecule has 0 spiro atoms. The first-order valence-electron chi connectivity index (χ1n) is 11.2. The van der Waals surface area contributed by atoms with Crippen LogP contribution in [0.4, 0.5) is 17.6 Å². The van der Waals surface area contributed by atoms with E-state index in [0.717, 1.165) is 38.5 Å². The first-order valence-corrected chi connectivity index (χ1v) is 11.2. The second kappa shape index (κ2) is 8.61. The van der Waals surface area contributed by atoms with Crippen molar-refractivity contribution < 1.29 is 27.5 Å². The summed E-state index contributed by atoms with van der Waals surface area (Å²) in [5, 5.41) is 9.85. The van der Waals surface area contributed by atoms with Gasteiger partial charge in [0.25, 0.3) is 5.91 Å². The van der Waals surface area contributed by atoms with Gasteiger partial charge in [-0.15, -0.1) is 0 Å². The van der Waals surface area contributed by atoms with Crippen LogP contribution in [0.3, 0.4) is 0 Å². The Morgan fingerprint density at radius 2 is 1.59 bits per heavy atom. The lowest BCUT2D eigenvalue weighted by atomic mass is 9.75. The van der Waals surface area contributed by atoms with Gasteiger partial charge in [-0.05, 0) is 75.5 Å². The van der Waals surface area contributed by atoms with Crippen molar-refractivity contribution in [1.29, 1.82) is 0 Å². The largest absolute Gasteiger partial charge is 0.421 e. The molecule has 1 heterocycles. The molecule has 1 amide bonds. The van der Waals surface area contributed by atoms with E-state index in [1.54, 1.807) is 6.21 Å². The van der Waals surface area contributed by atoms with Crippen molar-refractivity contribution in [2.45, 2.75) is 75.7 Å². The molecular formula is C24H28F4N2O2. The molecule has 2 aliphatic carbocycles. The summed E-state index contributed by atoms with van der Waals surface area (Å²) in [4.78, 5) is 19.0. The molecule has 1 aliphatic heterocycles. The number of aliphatic imine (C=N–C) groups is 1. The van der Waals surface area contributed by atoms with Crippen LogP contribution in [0.25, 0.3) is 0 Å². The fourth-order valence-corrected chi connectivity index (χ4v) is 4.94. The summed E-state index contributed by atoms with van der Waals surface area (Å²) < 4.78 is 53.4. The maximum absolute atomic E-state index is 14.2. The van der Waals surface area contributed by atoms with E-state index in [1.165, 1.54) is 30.5 Å². The van der Waals surface area contributed by atoms with Gasteiger partial charge in [0.15, 0.2) is 5.60 Å². The van der Waals surface area contributed by atoms with Crippen LogP contribution in [0, 0.1) is 11.8 Å². The van der Waals surface area contributed by atoms with Gasteiger partial charge in [-0.2, -0.15) is 13.2 Å². The predicted molar refractivity (Wildman–Crippen MR) is 113 cm³/mol. The number of carbonyl (C=O) groups is 1. The second-order valence-corrected chi connectivity index (χ2v) is 9.35. The molecule has 0 unspecified atom stereocenters. The molecule has 174 valence electrons. The molecule has 1 aromatic rings. The number of nitrogens with zero attached hydrogens (tertiary/aromatic N) is 2. The third-order valence-electron chi connectivity index (χ3n) is 7.14.